The number of carbonyl (C=O) groups excluding carboxylic acids is 1. The maximum Gasteiger partial charge on any atom is 0.410 e. The number of halogens is 1. The van der Waals surface area contributed by atoms with Gasteiger partial charge in [0.15, 0.2) is 0 Å². The van der Waals surface area contributed by atoms with E-state index in [9.17, 15) is 9.18 Å². The largest absolute Gasteiger partial charge is 0.444 e. The zero-order valence-corrected chi connectivity index (χ0v) is 13.6. The average Bonchev–Trinajstić information content (AvgIpc) is 2.91. The summed E-state index contributed by atoms with van der Waals surface area (Å²) in [6.07, 6.45) is 1.48. The zero-order valence-electron chi connectivity index (χ0n) is 13.6. The molecule has 2 heterocycles. The van der Waals surface area contributed by atoms with Gasteiger partial charge in [-0.25, -0.2) is 9.18 Å². The van der Waals surface area contributed by atoms with Gasteiger partial charge in [0.1, 0.15) is 11.4 Å². The standard InChI is InChI=1S/C17H22FN3O2/c1-17(2,3)23-16(22)21-8-7-19-14(10-21)11-9-20-13-6-4-5-12(18)15(11)13/h4-6,9,14,19-20H,7-8,10H2,1-3H3. The highest BCUT2D eigenvalue weighted by Crippen LogP contribution is 2.28. The molecule has 0 saturated carbocycles. The molecule has 1 aliphatic heterocycles. The molecule has 0 radical (unpaired) electrons. The van der Waals surface area contributed by atoms with Crippen LogP contribution in [0.15, 0.2) is 24.4 Å². The van der Waals surface area contributed by atoms with Crippen molar-refractivity contribution in [2.75, 3.05) is 19.6 Å². The van der Waals surface area contributed by atoms with Crippen LogP contribution in [0.5, 0.6) is 0 Å². The lowest BCUT2D eigenvalue weighted by Crippen LogP contribution is -2.49. The molecule has 1 atom stereocenters. The van der Waals surface area contributed by atoms with Gasteiger partial charge in [0.25, 0.3) is 0 Å². The lowest BCUT2D eigenvalue weighted by molar-refractivity contribution is 0.0195. The SMILES string of the molecule is CC(C)(C)OC(=O)N1CCNC(c2c[nH]c3cccc(F)c23)C1. The average molecular weight is 319 g/mol. The number of nitrogens with zero attached hydrogens (tertiary/aromatic N) is 1. The summed E-state index contributed by atoms with van der Waals surface area (Å²) >= 11 is 0. The highest BCUT2D eigenvalue weighted by Gasteiger charge is 2.29. The third kappa shape index (κ3) is 3.32. The Morgan fingerprint density at radius 2 is 2.17 bits per heavy atom. The van der Waals surface area contributed by atoms with E-state index in [0.29, 0.717) is 25.0 Å². The first-order chi connectivity index (χ1) is 10.8. The van der Waals surface area contributed by atoms with Crippen LogP contribution in [0.25, 0.3) is 10.9 Å². The van der Waals surface area contributed by atoms with Crippen molar-refractivity contribution in [3.63, 3.8) is 0 Å². The normalized spacial score (nSPS) is 19.1. The zero-order chi connectivity index (χ0) is 16.6. The summed E-state index contributed by atoms with van der Waals surface area (Å²) in [5.74, 6) is -0.255. The number of H-pyrrole nitrogens is 1. The molecule has 6 heteroatoms. The van der Waals surface area contributed by atoms with E-state index in [2.05, 4.69) is 10.3 Å². The molecule has 124 valence electrons. The topological polar surface area (TPSA) is 57.4 Å². The molecule has 23 heavy (non-hydrogen) atoms. The van der Waals surface area contributed by atoms with Gasteiger partial charge in [0.05, 0.1) is 6.04 Å². The maximum absolute atomic E-state index is 14.2. The Morgan fingerprint density at radius 1 is 1.39 bits per heavy atom. The van der Waals surface area contributed by atoms with Crippen molar-refractivity contribution < 1.29 is 13.9 Å². The monoisotopic (exact) mass is 319 g/mol. The molecule has 0 bridgehead atoms. The number of hydrogen-bond donors (Lipinski definition) is 2. The Morgan fingerprint density at radius 3 is 2.91 bits per heavy atom. The van der Waals surface area contributed by atoms with E-state index in [-0.39, 0.29) is 18.0 Å². The van der Waals surface area contributed by atoms with Crippen molar-refractivity contribution >= 4 is 17.0 Å². The van der Waals surface area contributed by atoms with E-state index in [1.54, 1.807) is 11.0 Å². The quantitative estimate of drug-likeness (QED) is 0.849. The first-order valence-corrected chi connectivity index (χ1v) is 7.82. The number of rotatable bonds is 1. The van der Waals surface area contributed by atoms with Gasteiger partial charge >= 0.3 is 6.09 Å². The van der Waals surface area contributed by atoms with Crippen LogP contribution in [0.4, 0.5) is 9.18 Å². The van der Waals surface area contributed by atoms with Gasteiger partial charge in [-0.1, -0.05) is 6.07 Å². The molecule has 3 rings (SSSR count). The van der Waals surface area contributed by atoms with Gasteiger partial charge in [-0.15, -0.1) is 0 Å². The van der Waals surface area contributed by atoms with Crippen LogP contribution in [0.1, 0.15) is 32.4 Å². The molecule has 1 fully saturated rings. The van der Waals surface area contributed by atoms with Crippen molar-refractivity contribution in [2.45, 2.75) is 32.4 Å². The van der Waals surface area contributed by atoms with Gasteiger partial charge in [-0.3, -0.25) is 0 Å². The summed E-state index contributed by atoms with van der Waals surface area (Å²) in [5.41, 5.74) is 1.08. The van der Waals surface area contributed by atoms with Gasteiger partial charge in [0, 0.05) is 36.7 Å². The van der Waals surface area contributed by atoms with Crippen molar-refractivity contribution in [2.24, 2.45) is 0 Å². The number of nitrogens with one attached hydrogen (secondary N) is 2. The lowest BCUT2D eigenvalue weighted by atomic mass is 10.0. The van der Waals surface area contributed by atoms with E-state index < -0.39 is 5.60 Å². The van der Waals surface area contributed by atoms with Crippen LogP contribution in [-0.4, -0.2) is 41.2 Å². The van der Waals surface area contributed by atoms with Gasteiger partial charge in [0.2, 0.25) is 0 Å². The molecule has 1 unspecified atom stereocenters. The predicted octanol–water partition coefficient (Wildman–Crippen LogP) is 3.19. The minimum absolute atomic E-state index is 0.123. The van der Waals surface area contributed by atoms with Crippen LogP contribution in [0, 0.1) is 5.82 Å². The number of fused-ring (bicyclic) bond motifs is 1. The summed E-state index contributed by atoms with van der Waals surface area (Å²) in [6, 6.07) is 4.85. The summed E-state index contributed by atoms with van der Waals surface area (Å²) in [7, 11) is 0. The number of benzene rings is 1. The van der Waals surface area contributed by atoms with Gasteiger partial charge in [-0.05, 0) is 38.5 Å². The Balaban J connectivity index is 1.82. The fraction of sp³-hybridized carbons (Fsp3) is 0.471. The second-order valence-corrected chi connectivity index (χ2v) is 6.84. The minimum Gasteiger partial charge on any atom is -0.444 e. The third-order valence-electron chi connectivity index (χ3n) is 3.89. The second-order valence-electron chi connectivity index (χ2n) is 6.84. The fourth-order valence-corrected chi connectivity index (χ4v) is 2.89. The van der Waals surface area contributed by atoms with E-state index in [4.69, 9.17) is 4.74 Å². The Labute approximate surface area is 134 Å². The van der Waals surface area contributed by atoms with E-state index in [1.807, 2.05) is 33.0 Å². The van der Waals surface area contributed by atoms with Crippen molar-refractivity contribution in [1.29, 1.82) is 0 Å². The summed E-state index contributed by atoms with van der Waals surface area (Å²) in [6.45, 7) is 7.22. The number of hydrogen-bond acceptors (Lipinski definition) is 3. The van der Waals surface area contributed by atoms with E-state index in [1.165, 1.54) is 6.07 Å². The molecule has 1 aromatic heterocycles. The van der Waals surface area contributed by atoms with Crippen LogP contribution >= 0.6 is 0 Å². The summed E-state index contributed by atoms with van der Waals surface area (Å²) in [5, 5.41) is 3.93. The van der Waals surface area contributed by atoms with Gasteiger partial charge in [-0.2, -0.15) is 0 Å². The number of aromatic nitrogens is 1. The number of ether oxygens (including phenoxy) is 1. The van der Waals surface area contributed by atoms with Crippen LogP contribution < -0.4 is 5.32 Å². The molecular weight excluding hydrogens is 297 g/mol. The second kappa shape index (κ2) is 5.85. The Kier molecular flexibility index (Phi) is 4.02. The highest BCUT2D eigenvalue weighted by atomic mass is 19.1. The first-order valence-electron chi connectivity index (χ1n) is 7.82. The number of amides is 1. The molecule has 0 aliphatic carbocycles. The molecule has 1 aliphatic rings. The third-order valence-corrected chi connectivity index (χ3v) is 3.89. The number of carbonyl (C=O) groups is 1. The number of aromatic amines is 1. The van der Waals surface area contributed by atoms with Crippen molar-refractivity contribution in [1.82, 2.24) is 15.2 Å². The minimum atomic E-state index is -0.523. The van der Waals surface area contributed by atoms with Crippen molar-refractivity contribution in [3.05, 3.63) is 35.8 Å². The van der Waals surface area contributed by atoms with E-state index >= 15 is 0 Å². The van der Waals surface area contributed by atoms with E-state index in [0.717, 1.165) is 11.1 Å². The smallest absolute Gasteiger partial charge is 0.410 e. The molecule has 2 aromatic rings. The number of piperazine rings is 1. The summed E-state index contributed by atoms with van der Waals surface area (Å²) < 4.78 is 19.6. The maximum atomic E-state index is 14.2. The fourth-order valence-electron chi connectivity index (χ4n) is 2.89. The molecule has 5 nitrogen and oxygen atoms in total. The molecular formula is C17H22FN3O2. The van der Waals surface area contributed by atoms with Crippen LogP contribution in [0.2, 0.25) is 0 Å². The van der Waals surface area contributed by atoms with Gasteiger partial charge < -0.3 is 19.9 Å². The molecule has 0 spiro atoms. The Bertz CT molecular complexity index is 720. The lowest BCUT2D eigenvalue weighted by Gasteiger charge is -2.34. The molecule has 1 aromatic carbocycles. The highest BCUT2D eigenvalue weighted by molar-refractivity contribution is 5.84. The summed E-state index contributed by atoms with van der Waals surface area (Å²) in [4.78, 5) is 17.0. The Hall–Kier alpha value is -2.08. The predicted molar refractivity (Wildman–Crippen MR) is 86.8 cm³/mol. The molecule has 2 N–H and O–H groups in total. The van der Waals surface area contributed by atoms with Crippen LogP contribution in [0.3, 0.4) is 0 Å². The first kappa shape index (κ1) is 15.8. The van der Waals surface area contributed by atoms with Crippen molar-refractivity contribution in [3.8, 4) is 0 Å². The molecule has 1 amide bonds. The van der Waals surface area contributed by atoms with Crippen LogP contribution in [-0.2, 0) is 4.74 Å². The molecule has 1 saturated heterocycles.